The van der Waals surface area contributed by atoms with Crippen LogP contribution in [0, 0.1) is 0 Å². The lowest BCUT2D eigenvalue weighted by molar-refractivity contribution is 0.450. The average Bonchev–Trinajstić information content (AvgIpc) is 2.95. The van der Waals surface area contributed by atoms with Crippen LogP contribution in [-0.2, 0) is 15.3 Å². The zero-order valence-corrected chi connectivity index (χ0v) is 10.8. The summed E-state index contributed by atoms with van der Waals surface area (Å²) >= 11 is 0. The van der Waals surface area contributed by atoms with Crippen LogP contribution in [0.5, 0.6) is 5.75 Å². The molecule has 1 aliphatic carbocycles. The topological polar surface area (TPSA) is 80.4 Å². The van der Waals surface area contributed by atoms with E-state index in [1.165, 1.54) is 6.07 Å². The van der Waals surface area contributed by atoms with Gasteiger partial charge < -0.3 is 10.8 Å². The lowest BCUT2D eigenvalue weighted by atomic mass is 9.89. The fourth-order valence-electron chi connectivity index (χ4n) is 2.41. The summed E-state index contributed by atoms with van der Waals surface area (Å²) in [5.41, 5.74) is 6.33. The van der Waals surface area contributed by atoms with Crippen LogP contribution in [0.25, 0.3) is 0 Å². The highest BCUT2D eigenvalue weighted by Crippen LogP contribution is 2.53. The van der Waals surface area contributed by atoms with Gasteiger partial charge in [0.25, 0.3) is 0 Å². The van der Waals surface area contributed by atoms with E-state index >= 15 is 0 Å². The second-order valence-electron chi connectivity index (χ2n) is 4.87. The van der Waals surface area contributed by atoms with E-state index < -0.39 is 9.84 Å². The summed E-state index contributed by atoms with van der Waals surface area (Å²) in [5.74, 6) is -0.183. The molecule has 1 aliphatic rings. The van der Waals surface area contributed by atoms with Crippen molar-refractivity contribution in [3.63, 3.8) is 0 Å². The van der Waals surface area contributed by atoms with Gasteiger partial charge in [0.1, 0.15) is 10.6 Å². The minimum absolute atomic E-state index is 0.0369. The molecule has 1 fully saturated rings. The summed E-state index contributed by atoms with van der Waals surface area (Å²) in [6.45, 7) is 1.88. The fourth-order valence-corrected chi connectivity index (χ4v) is 3.53. The van der Waals surface area contributed by atoms with Crippen molar-refractivity contribution in [2.24, 2.45) is 5.73 Å². The Bertz CT molecular complexity index is 545. The Hall–Kier alpha value is -1.07. The molecule has 94 valence electrons. The highest BCUT2D eigenvalue weighted by molar-refractivity contribution is 7.90. The molecular weight excluding hydrogens is 238 g/mol. The highest BCUT2D eigenvalue weighted by atomic mass is 32.2. The maximum absolute atomic E-state index is 11.8. The van der Waals surface area contributed by atoms with Crippen molar-refractivity contribution in [3.05, 3.63) is 23.8 Å². The first kappa shape index (κ1) is 12.4. The molecule has 3 N–H and O–H groups in total. The molecule has 1 unspecified atom stereocenters. The van der Waals surface area contributed by atoms with Gasteiger partial charge in [-0.15, -0.1) is 0 Å². The molecule has 1 aromatic carbocycles. The average molecular weight is 255 g/mol. The van der Waals surface area contributed by atoms with E-state index in [1.54, 1.807) is 12.1 Å². The third-order valence-electron chi connectivity index (χ3n) is 3.56. The van der Waals surface area contributed by atoms with Crippen molar-refractivity contribution < 1.29 is 13.5 Å². The number of nitrogens with two attached hydrogens (primary N) is 1. The highest BCUT2D eigenvalue weighted by Gasteiger charge is 2.50. The van der Waals surface area contributed by atoms with Gasteiger partial charge in [-0.05, 0) is 31.4 Å². The minimum atomic E-state index is -3.45. The molecule has 0 amide bonds. The van der Waals surface area contributed by atoms with Crippen molar-refractivity contribution >= 4 is 9.84 Å². The Morgan fingerprint density at radius 2 is 2.00 bits per heavy atom. The molecule has 1 saturated carbocycles. The first-order valence-corrected chi connectivity index (χ1v) is 7.46. The monoisotopic (exact) mass is 255 g/mol. The van der Waals surface area contributed by atoms with Gasteiger partial charge >= 0.3 is 0 Å². The predicted molar refractivity (Wildman–Crippen MR) is 65.8 cm³/mol. The summed E-state index contributed by atoms with van der Waals surface area (Å²) in [6.07, 6.45) is 2.86. The largest absolute Gasteiger partial charge is 0.507 e. The summed E-state index contributed by atoms with van der Waals surface area (Å²) in [7, 11) is -3.45. The maximum atomic E-state index is 11.8. The standard InChI is InChI=1S/C12H17NO3S/c1-8(13)12(6-7-12)9-4-3-5-10(14)11(9)17(2,15)16/h3-5,8,14H,6-7,13H2,1-2H3. The number of rotatable bonds is 3. The molecule has 2 rings (SSSR count). The molecular formula is C12H17NO3S. The number of phenols is 1. The van der Waals surface area contributed by atoms with Gasteiger partial charge in [0.15, 0.2) is 9.84 Å². The number of aromatic hydroxyl groups is 1. The van der Waals surface area contributed by atoms with Gasteiger partial charge in [0.2, 0.25) is 0 Å². The third-order valence-corrected chi connectivity index (χ3v) is 4.73. The normalized spacial score (nSPS) is 19.9. The van der Waals surface area contributed by atoms with Gasteiger partial charge in [-0.3, -0.25) is 0 Å². The number of sulfone groups is 1. The molecule has 0 spiro atoms. The van der Waals surface area contributed by atoms with E-state index in [0.717, 1.165) is 19.1 Å². The number of hydrogen-bond donors (Lipinski definition) is 2. The Morgan fingerprint density at radius 1 is 1.41 bits per heavy atom. The van der Waals surface area contributed by atoms with Crippen molar-refractivity contribution in [3.8, 4) is 5.75 Å². The van der Waals surface area contributed by atoms with Gasteiger partial charge in [-0.2, -0.15) is 0 Å². The lowest BCUT2D eigenvalue weighted by Crippen LogP contribution is -2.32. The molecule has 4 nitrogen and oxygen atoms in total. The Kier molecular flexibility index (Phi) is 2.71. The molecule has 1 aromatic rings. The van der Waals surface area contributed by atoms with E-state index in [2.05, 4.69) is 0 Å². The second-order valence-corrected chi connectivity index (χ2v) is 6.82. The summed E-state index contributed by atoms with van der Waals surface area (Å²) in [6, 6.07) is 4.70. The first-order valence-electron chi connectivity index (χ1n) is 5.57. The van der Waals surface area contributed by atoms with Crippen LogP contribution in [0.15, 0.2) is 23.1 Å². The van der Waals surface area contributed by atoms with E-state index in [0.29, 0.717) is 5.56 Å². The predicted octanol–water partition coefficient (Wildman–Crippen LogP) is 1.17. The minimum Gasteiger partial charge on any atom is -0.507 e. The van der Waals surface area contributed by atoms with Crippen LogP contribution in [0.3, 0.4) is 0 Å². The van der Waals surface area contributed by atoms with Crippen molar-refractivity contribution in [2.45, 2.75) is 36.1 Å². The van der Waals surface area contributed by atoms with Crippen LogP contribution in [0.2, 0.25) is 0 Å². The number of benzene rings is 1. The third kappa shape index (κ3) is 1.93. The van der Waals surface area contributed by atoms with Gasteiger partial charge in [0.05, 0.1) is 0 Å². The number of hydrogen-bond acceptors (Lipinski definition) is 4. The Morgan fingerprint density at radius 3 is 2.41 bits per heavy atom. The van der Waals surface area contributed by atoms with Gasteiger partial charge in [0, 0.05) is 17.7 Å². The smallest absolute Gasteiger partial charge is 0.179 e. The zero-order valence-electron chi connectivity index (χ0n) is 9.97. The molecule has 1 atom stereocenters. The second kappa shape index (κ2) is 3.71. The molecule has 5 heteroatoms. The SMILES string of the molecule is CC(N)C1(c2cccc(O)c2S(C)(=O)=O)CC1. The molecule has 0 bridgehead atoms. The van der Waals surface area contributed by atoms with E-state index in [1.807, 2.05) is 6.92 Å². The van der Waals surface area contributed by atoms with E-state index in [4.69, 9.17) is 5.73 Å². The van der Waals surface area contributed by atoms with Crippen LogP contribution in [0.1, 0.15) is 25.3 Å². The molecule has 0 aliphatic heterocycles. The molecule has 0 aromatic heterocycles. The summed E-state index contributed by atoms with van der Waals surface area (Å²) < 4.78 is 23.5. The van der Waals surface area contributed by atoms with Crippen molar-refractivity contribution in [1.82, 2.24) is 0 Å². The first-order chi connectivity index (χ1) is 7.79. The van der Waals surface area contributed by atoms with E-state index in [9.17, 15) is 13.5 Å². The Balaban J connectivity index is 2.68. The quantitative estimate of drug-likeness (QED) is 0.849. The van der Waals surface area contributed by atoms with Gasteiger partial charge in [-0.25, -0.2) is 8.42 Å². The maximum Gasteiger partial charge on any atom is 0.179 e. The van der Waals surface area contributed by atoms with Crippen LogP contribution in [-0.4, -0.2) is 25.8 Å². The summed E-state index contributed by atoms with van der Waals surface area (Å²) in [4.78, 5) is 0.0369. The lowest BCUT2D eigenvalue weighted by Gasteiger charge is -2.23. The van der Waals surface area contributed by atoms with Crippen LogP contribution in [0.4, 0.5) is 0 Å². The van der Waals surface area contributed by atoms with Crippen molar-refractivity contribution in [1.29, 1.82) is 0 Å². The number of phenolic OH excluding ortho intramolecular Hbond substituents is 1. The summed E-state index contributed by atoms with van der Waals surface area (Å²) in [5, 5.41) is 9.78. The van der Waals surface area contributed by atoms with Crippen molar-refractivity contribution in [2.75, 3.05) is 6.26 Å². The van der Waals surface area contributed by atoms with Gasteiger partial charge in [-0.1, -0.05) is 12.1 Å². The molecule has 0 heterocycles. The molecule has 0 radical (unpaired) electrons. The Labute approximate surface area is 101 Å². The van der Waals surface area contributed by atoms with E-state index in [-0.39, 0.29) is 22.1 Å². The molecule has 0 saturated heterocycles. The zero-order chi connectivity index (χ0) is 12.8. The fraction of sp³-hybridized carbons (Fsp3) is 0.500. The van der Waals surface area contributed by atoms with Crippen LogP contribution < -0.4 is 5.73 Å². The molecule has 17 heavy (non-hydrogen) atoms. The van der Waals surface area contributed by atoms with Crippen LogP contribution >= 0.6 is 0 Å².